The van der Waals surface area contributed by atoms with Gasteiger partial charge in [0, 0.05) is 29.7 Å². The van der Waals surface area contributed by atoms with Crippen molar-refractivity contribution in [1.82, 2.24) is 24.8 Å². The highest BCUT2D eigenvalue weighted by Gasteiger charge is 2.23. The largest absolute Gasteiger partial charge is 0.486 e. The number of benzene rings is 2. The van der Waals surface area contributed by atoms with E-state index >= 15 is 0 Å². The van der Waals surface area contributed by atoms with Gasteiger partial charge in [-0.25, -0.2) is 0 Å². The van der Waals surface area contributed by atoms with Crippen molar-refractivity contribution in [3.05, 3.63) is 76.0 Å². The topological polar surface area (TPSA) is 119 Å². The number of carbonyl (C=O) groups is 3. The fraction of sp³-hybridized carbons (Fsp3) is 0.344. The minimum atomic E-state index is -0.352. The van der Waals surface area contributed by atoms with Crippen molar-refractivity contribution in [1.29, 1.82) is 0 Å². The number of fused-ring (bicyclic) bond motifs is 1. The number of pyridine rings is 1. The summed E-state index contributed by atoms with van der Waals surface area (Å²) in [6.07, 6.45) is 4.18. The lowest BCUT2D eigenvalue weighted by atomic mass is 9.99. The summed E-state index contributed by atoms with van der Waals surface area (Å²) in [5.74, 6) is -0.0524. The molecular weight excluding hydrogens is 619 g/mol. The number of nitrogens with one attached hydrogen (secondary N) is 1. The van der Waals surface area contributed by atoms with Gasteiger partial charge in [-0.05, 0) is 62.3 Å². The first kappa shape index (κ1) is 32.2. The Kier molecular flexibility index (Phi) is 10.5. The van der Waals surface area contributed by atoms with E-state index in [1.54, 1.807) is 38.6 Å². The maximum Gasteiger partial charge on any atom is 0.297 e. The SMILES string of the molecule is COc1nc2c(OCc3c(Cl)ccc(N(C)C(=O)CNC(=O)CN4CCC(C=O)CC4)c3Cl)cccc2n1Cc1ccccn1. The summed E-state index contributed by atoms with van der Waals surface area (Å²) in [5, 5.41) is 3.32. The first-order valence-electron chi connectivity index (χ1n) is 14.5. The molecule has 0 bridgehead atoms. The number of nitrogens with zero attached hydrogens (tertiary/aromatic N) is 5. The lowest BCUT2D eigenvalue weighted by Crippen LogP contribution is -2.44. The lowest BCUT2D eigenvalue weighted by molar-refractivity contribution is -0.126. The number of likely N-dealkylation sites (N-methyl/N-ethyl adjacent to an activating group) is 1. The number of imidazole rings is 1. The third-order valence-corrected chi connectivity index (χ3v) is 8.61. The monoisotopic (exact) mass is 652 g/mol. The molecule has 2 amide bonds. The van der Waals surface area contributed by atoms with Gasteiger partial charge >= 0.3 is 0 Å². The van der Waals surface area contributed by atoms with Gasteiger partial charge in [-0.15, -0.1) is 0 Å². The Hall–Kier alpha value is -4.19. The number of methoxy groups -OCH3 is 1. The molecule has 0 spiro atoms. The fourth-order valence-corrected chi connectivity index (χ4v) is 5.85. The number of aromatic nitrogens is 3. The number of hydrogen-bond acceptors (Lipinski definition) is 8. The Balaban J connectivity index is 1.25. The van der Waals surface area contributed by atoms with Gasteiger partial charge in [0.2, 0.25) is 11.8 Å². The molecule has 5 rings (SSSR count). The summed E-state index contributed by atoms with van der Waals surface area (Å²) < 4.78 is 13.7. The van der Waals surface area contributed by atoms with E-state index in [-0.39, 0.29) is 42.5 Å². The number of rotatable bonds is 12. The van der Waals surface area contributed by atoms with Crippen LogP contribution in [0.5, 0.6) is 11.8 Å². The number of likely N-dealkylation sites (tertiary alicyclic amines) is 1. The van der Waals surface area contributed by atoms with Crippen molar-refractivity contribution in [2.75, 3.05) is 45.2 Å². The molecule has 1 aliphatic heterocycles. The molecule has 0 saturated carbocycles. The standard InChI is InChI=1S/C32H34Cl2N6O5/c1-38(29(43)16-36-28(42)18-39-14-11-21(19-41)12-15-39)25-10-9-24(33)23(30(25)34)20-45-27-8-5-7-26-31(27)37-32(44-2)40(26)17-22-6-3-4-13-35-22/h3-10,13,19,21H,11-12,14-18,20H2,1-2H3,(H,36,42). The van der Waals surface area contributed by atoms with Crippen molar-refractivity contribution < 1.29 is 23.9 Å². The molecule has 3 heterocycles. The van der Waals surface area contributed by atoms with Gasteiger partial charge in [0.05, 0.1) is 48.7 Å². The zero-order chi connectivity index (χ0) is 31.9. The number of carbonyl (C=O) groups excluding carboxylic acids is 3. The maximum absolute atomic E-state index is 13.0. The third-order valence-electron chi connectivity index (χ3n) is 7.84. The van der Waals surface area contributed by atoms with Crippen molar-refractivity contribution in [2.24, 2.45) is 5.92 Å². The van der Waals surface area contributed by atoms with Crippen LogP contribution >= 0.6 is 23.2 Å². The number of amides is 2. The maximum atomic E-state index is 13.0. The summed E-state index contributed by atoms with van der Waals surface area (Å²) in [5.41, 5.74) is 3.18. The van der Waals surface area contributed by atoms with Gasteiger partial charge in [0.15, 0.2) is 0 Å². The molecule has 0 radical (unpaired) electrons. The van der Waals surface area contributed by atoms with Crippen LogP contribution in [0.15, 0.2) is 54.7 Å². The minimum absolute atomic E-state index is 0.0135. The Morgan fingerprint density at radius 3 is 2.62 bits per heavy atom. The minimum Gasteiger partial charge on any atom is -0.486 e. The molecule has 236 valence electrons. The molecular formula is C32H34Cl2N6O5. The van der Waals surface area contributed by atoms with E-state index in [2.05, 4.69) is 15.3 Å². The van der Waals surface area contributed by atoms with Crippen molar-refractivity contribution in [2.45, 2.75) is 26.0 Å². The number of para-hydroxylation sites is 1. The molecule has 1 N–H and O–H groups in total. The Bertz CT molecular complexity index is 1670. The molecule has 1 aliphatic rings. The molecule has 1 saturated heterocycles. The van der Waals surface area contributed by atoms with Gasteiger partial charge in [-0.3, -0.25) is 24.0 Å². The van der Waals surface area contributed by atoms with Crippen LogP contribution in [0.4, 0.5) is 5.69 Å². The second-order valence-electron chi connectivity index (χ2n) is 10.8. The molecule has 2 aromatic carbocycles. The lowest BCUT2D eigenvalue weighted by Gasteiger charge is -2.28. The van der Waals surface area contributed by atoms with E-state index < -0.39 is 0 Å². The van der Waals surface area contributed by atoms with Gasteiger partial charge in [0.25, 0.3) is 6.01 Å². The highest BCUT2D eigenvalue weighted by molar-refractivity contribution is 6.38. The fourth-order valence-electron chi connectivity index (χ4n) is 5.24. The number of halogens is 2. The number of aldehydes is 1. The zero-order valence-corrected chi connectivity index (χ0v) is 26.6. The number of ether oxygens (including phenoxy) is 2. The normalized spacial score (nSPS) is 13.9. The molecule has 0 atom stereocenters. The number of anilines is 1. The van der Waals surface area contributed by atoms with Gasteiger partial charge in [-0.1, -0.05) is 35.3 Å². The zero-order valence-electron chi connectivity index (χ0n) is 25.0. The summed E-state index contributed by atoms with van der Waals surface area (Å²) >= 11 is 13.3. The van der Waals surface area contributed by atoms with Crippen LogP contribution in [-0.2, 0) is 27.5 Å². The van der Waals surface area contributed by atoms with Gasteiger partial charge < -0.3 is 24.5 Å². The molecule has 4 aromatic rings. The first-order valence-corrected chi connectivity index (χ1v) is 15.3. The Morgan fingerprint density at radius 2 is 1.91 bits per heavy atom. The van der Waals surface area contributed by atoms with E-state index in [0.29, 0.717) is 53.2 Å². The van der Waals surface area contributed by atoms with Crippen LogP contribution in [-0.4, -0.2) is 77.9 Å². The van der Waals surface area contributed by atoms with Gasteiger partial charge in [0.1, 0.15) is 24.2 Å². The molecule has 11 nitrogen and oxygen atoms in total. The molecule has 2 aromatic heterocycles. The number of hydrogen-bond donors (Lipinski definition) is 1. The van der Waals surface area contributed by atoms with Crippen LogP contribution in [0.3, 0.4) is 0 Å². The molecule has 0 unspecified atom stereocenters. The predicted molar refractivity (Wildman–Crippen MR) is 172 cm³/mol. The van der Waals surface area contributed by atoms with Crippen molar-refractivity contribution in [3.8, 4) is 11.8 Å². The Morgan fingerprint density at radius 1 is 1.11 bits per heavy atom. The van der Waals surface area contributed by atoms with Crippen LogP contribution in [0, 0.1) is 5.92 Å². The van der Waals surface area contributed by atoms with Crippen LogP contribution in [0.2, 0.25) is 10.0 Å². The summed E-state index contributed by atoms with van der Waals surface area (Å²) in [4.78, 5) is 48.8. The van der Waals surface area contributed by atoms with E-state index in [9.17, 15) is 14.4 Å². The summed E-state index contributed by atoms with van der Waals surface area (Å²) in [7, 11) is 3.14. The van der Waals surface area contributed by atoms with Crippen LogP contribution in [0.25, 0.3) is 11.0 Å². The summed E-state index contributed by atoms with van der Waals surface area (Å²) in [6.45, 7) is 1.79. The highest BCUT2D eigenvalue weighted by Crippen LogP contribution is 2.36. The quantitative estimate of drug-likeness (QED) is 0.224. The molecule has 1 fully saturated rings. The molecule has 0 aliphatic carbocycles. The van der Waals surface area contributed by atoms with Crippen molar-refractivity contribution in [3.63, 3.8) is 0 Å². The molecule has 13 heteroatoms. The van der Waals surface area contributed by atoms with Crippen LogP contribution in [0.1, 0.15) is 24.1 Å². The van der Waals surface area contributed by atoms with E-state index in [1.165, 1.54) is 4.90 Å². The van der Waals surface area contributed by atoms with E-state index in [0.717, 1.165) is 30.3 Å². The van der Waals surface area contributed by atoms with Crippen LogP contribution < -0.4 is 19.7 Å². The number of piperidine rings is 1. The molecule has 45 heavy (non-hydrogen) atoms. The van der Waals surface area contributed by atoms with E-state index in [4.69, 9.17) is 32.7 Å². The van der Waals surface area contributed by atoms with Gasteiger partial charge in [-0.2, -0.15) is 4.98 Å². The summed E-state index contributed by atoms with van der Waals surface area (Å²) in [6, 6.07) is 15.0. The van der Waals surface area contributed by atoms with Crippen molar-refractivity contribution >= 4 is 58.0 Å². The Labute approximate surface area is 271 Å². The first-order chi connectivity index (χ1) is 21.8. The van der Waals surface area contributed by atoms with E-state index in [1.807, 2.05) is 39.8 Å². The second-order valence-corrected chi connectivity index (χ2v) is 11.5. The second kappa shape index (κ2) is 14.7. The average Bonchev–Trinajstić information content (AvgIpc) is 3.42. The predicted octanol–water partition coefficient (Wildman–Crippen LogP) is 4.36. The third kappa shape index (κ3) is 7.55. The smallest absolute Gasteiger partial charge is 0.297 e. The average molecular weight is 654 g/mol. The highest BCUT2D eigenvalue weighted by atomic mass is 35.5.